The van der Waals surface area contributed by atoms with E-state index in [2.05, 4.69) is 50.7 Å². The summed E-state index contributed by atoms with van der Waals surface area (Å²) in [6.45, 7) is 4.76. The van der Waals surface area contributed by atoms with Gasteiger partial charge in [0.2, 0.25) is 0 Å². The second-order valence-electron chi connectivity index (χ2n) is 4.53. The molecule has 0 radical (unpaired) electrons. The molecule has 1 aliphatic rings. The van der Waals surface area contributed by atoms with Crippen molar-refractivity contribution < 1.29 is 4.79 Å². The van der Waals surface area contributed by atoms with E-state index in [0.717, 1.165) is 39.2 Å². The van der Waals surface area contributed by atoms with Gasteiger partial charge >= 0.3 is 0 Å². The first kappa shape index (κ1) is 14.5. The van der Waals surface area contributed by atoms with Gasteiger partial charge in [0.05, 0.1) is 13.1 Å². The van der Waals surface area contributed by atoms with E-state index in [1.54, 1.807) is 11.3 Å². The van der Waals surface area contributed by atoms with Crippen molar-refractivity contribution in [2.75, 3.05) is 26.7 Å². The highest BCUT2D eigenvalue weighted by Crippen LogP contribution is 2.33. The van der Waals surface area contributed by atoms with Gasteiger partial charge in [0, 0.05) is 25.7 Å². The number of thiophene rings is 1. The maximum absolute atomic E-state index is 12.5. The molecule has 0 bridgehead atoms. The first-order valence-electron chi connectivity index (χ1n) is 5.97. The van der Waals surface area contributed by atoms with E-state index in [4.69, 9.17) is 0 Å². The molecule has 2 heterocycles. The molecular formula is C12H16Br2N2OS. The third-order valence-electron chi connectivity index (χ3n) is 3.42. The van der Waals surface area contributed by atoms with Crippen molar-refractivity contribution in [3.05, 3.63) is 19.2 Å². The van der Waals surface area contributed by atoms with Gasteiger partial charge in [0.1, 0.15) is 0 Å². The minimum atomic E-state index is 0.135. The molecule has 2 rings (SSSR count). The predicted octanol–water partition coefficient (Wildman–Crippen LogP) is 3.44. The number of amides is 1. The summed E-state index contributed by atoms with van der Waals surface area (Å²) in [5.41, 5.74) is 0.770. The van der Waals surface area contributed by atoms with Crippen molar-refractivity contribution in [1.82, 2.24) is 9.80 Å². The zero-order chi connectivity index (χ0) is 13.3. The second kappa shape index (κ2) is 6.03. The van der Waals surface area contributed by atoms with E-state index in [1.165, 1.54) is 0 Å². The molecule has 0 N–H and O–H groups in total. The van der Waals surface area contributed by atoms with Crippen LogP contribution in [-0.4, -0.2) is 48.4 Å². The van der Waals surface area contributed by atoms with Crippen LogP contribution < -0.4 is 0 Å². The number of nitrogens with zero attached hydrogens (tertiary/aromatic N) is 2. The predicted molar refractivity (Wildman–Crippen MR) is 82.3 cm³/mol. The largest absolute Gasteiger partial charge is 0.336 e. The molecule has 1 fully saturated rings. The van der Waals surface area contributed by atoms with Gasteiger partial charge in [-0.2, -0.15) is 0 Å². The number of carbonyl (C=O) groups excluding carboxylic acids is 1. The number of piperazine rings is 1. The van der Waals surface area contributed by atoms with Crippen LogP contribution in [0.15, 0.2) is 13.6 Å². The standard InChI is InChI=1S/C12H16Br2N2OS/c1-3-8-7-16(5-4-15(8)2)12(17)9-6-10(13)18-11(9)14/h6,8H,3-5,7H2,1-2H3. The molecule has 18 heavy (non-hydrogen) atoms. The lowest BCUT2D eigenvalue weighted by Crippen LogP contribution is -2.52. The molecule has 1 aliphatic heterocycles. The fourth-order valence-electron chi connectivity index (χ4n) is 2.23. The molecule has 1 atom stereocenters. The van der Waals surface area contributed by atoms with E-state index in [0.29, 0.717) is 6.04 Å². The fraction of sp³-hybridized carbons (Fsp3) is 0.583. The first-order valence-corrected chi connectivity index (χ1v) is 8.37. The lowest BCUT2D eigenvalue weighted by Gasteiger charge is -2.39. The van der Waals surface area contributed by atoms with Gasteiger partial charge in [-0.1, -0.05) is 6.92 Å². The van der Waals surface area contributed by atoms with E-state index >= 15 is 0 Å². The molecule has 1 saturated heterocycles. The number of likely N-dealkylation sites (N-methyl/N-ethyl adjacent to an activating group) is 1. The second-order valence-corrected chi connectivity index (χ2v) is 8.28. The summed E-state index contributed by atoms with van der Waals surface area (Å²) < 4.78 is 1.89. The summed E-state index contributed by atoms with van der Waals surface area (Å²) in [6.07, 6.45) is 1.08. The highest BCUT2D eigenvalue weighted by molar-refractivity contribution is 9.12. The SMILES string of the molecule is CCC1CN(C(=O)c2cc(Br)sc2Br)CCN1C. The van der Waals surface area contributed by atoms with E-state index in [9.17, 15) is 4.79 Å². The third kappa shape index (κ3) is 2.98. The quantitative estimate of drug-likeness (QED) is 0.765. The van der Waals surface area contributed by atoms with E-state index in [1.807, 2.05) is 11.0 Å². The Balaban J connectivity index is 2.12. The molecule has 1 unspecified atom stereocenters. The van der Waals surface area contributed by atoms with Gasteiger partial charge in [0.25, 0.3) is 5.91 Å². The molecule has 100 valence electrons. The van der Waals surface area contributed by atoms with Gasteiger partial charge in [-0.3, -0.25) is 9.69 Å². The van der Waals surface area contributed by atoms with Crippen LogP contribution in [0.3, 0.4) is 0 Å². The molecule has 6 heteroatoms. The monoisotopic (exact) mass is 394 g/mol. The number of carbonyl (C=O) groups is 1. The summed E-state index contributed by atoms with van der Waals surface area (Å²) in [7, 11) is 2.13. The molecular weight excluding hydrogens is 380 g/mol. The Morgan fingerprint density at radius 2 is 2.22 bits per heavy atom. The van der Waals surface area contributed by atoms with Crippen molar-refractivity contribution in [3.8, 4) is 0 Å². The molecule has 1 aromatic heterocycles. The molecule has 3 nitrogen and oxygen atoms in total. The van der Waals surface area contributed by atoms with Gasteiger partial charge in [-0.05, 0) is 51.4 Å². The Labute approximate surface area is 128 Å². The van der Waals surface area contributed by atoms with Crippen LogP contribution in [0.2, 0.25) is 0 Å². The Morgan fingerprint density at radius 1 is 1.50 bits per heavy atom. The highest BCUT2D eigenvalue weighted by atomic mass is 79.9. The molecule has 1 amide bonds. The van der Waals surface area contributed by atoms with Crippen molar-refractivity contribution in [2.45, 2.75) is 19.4 Å². The Kier molecular flexibility index (Phi) is 4.86. The smallest absolute Gasteiger partial charge is 0.256 e. The van der Waals surface area contributed by atoms with Crippen molar-refractivity contribution in [2.24, 2.45) is 0 Å². The average molecular weight is 396 g/mol. The summed E-state index contributed by atoms with van der Waals surface area (Å²) in [4.78, 5) is 16.8. The maximum atomic E-state index is 12.5. The van der Waals surface area contributed by atoms with Crippen LogP contribution in [0, 0.1) is 0 Å². The summed E-state index contributed by atoms with van der Waals surface area (Å²) in [5, 5.41) is 0. The third-order valence-corrected chi connectivity index (χ3v) is 5.76. The maximum Gasteiger partial charge on any atom is 0.256 e. The minimum absolute atomic E-state index is 0.135. The summed E-state index contributed by atoms with van der Waals surface area (Å²) in [6, 6.07) is 2.37. The number of halogens is 2. The lowest BCUT2D eigenvalue weighted by atomic mass is 10.1. The van der Waals surface area contributed by atoms with Crippen LogP contribution in [-0.2, 0) is 0 Å². The van der Waals surface area contributed by atoms with Gasteiger partial charge in [0.15, 0.2) is 0 Å². The number of hydrogen-bond acceptors (Lipinski definition) is 3. The van der Waals surface area contributed by atoms with Crippen LogP contribution in [0.25, 0.3) is 0 Å². The number of rotatable bonds is 2. The average Bonchev–Trinajstić information content (AvgIpc) is 2.68. The highest BCUT2D eigenvalue weighted by Gasteiger charge is 2.28. The van der Waals surface area contributed by atoms with Crippen molar-refractivity contribution in [3.63, 3.8) is 0 Å². The minimum Gasteiger partial charge on any atom is -0.336 e. The normalized spacial score (nSPS) is 21.3. The van der Waals surface area contributed by atoms with Crippen molar-refractivity contribution in [1.29, 1.82) is 0 Å². The molecule has 0 aromatic carbocycles. The van der Waals surface area contributed by atoms with Crippen LogP contribution in [0.5, 0.6) is 0 Å². The molecule has 0 saturated carbocycles. The number of hydrogen-bond donors (Lipinski definition) is 0. The fourth-order valence-corrected chi connectivity index (χ4v) is 5.01. The molecule has 1 aromatic rings. The van der Waals surface area contributed by atoms with E-state index < -0.39 is 0 Å². The molecule has 0 aliphatic carbocycles. The Hall–Kier alpha value is 0.0900. The zero-order valence-electron chi connectivity index (χ0n) is 10.4. The zero-order valence-corrected chi connectivity index (χ0v) is 14.4. The van der Waals surface area contributed by atoms with Gasteiger partial charge in [-0.15, -0.1) is 11.3 Å². The van der Waals surface area contributed by atoms with Gasteiger partial charge < -0.3 is 4.90 Å². The van der Waals surface area contributed by atoms with Crippen molar-refractivity contribution >= 4 is 49.1 Å². The summed E-state index contributed by atoms with van der Waals surface area (Å²) >= 11 is 8.42. The van der Waals surface area contributed by atoms with Crippen LogP contribution >= 0.6 is 43.2 Å². The van der Waals surface area contributed by atoms with E-state index in [-0.39, 0.29) is 5.91 Å². The Morgan fingerprint density at radius 3 is 2.78 bits per heavy atom. The van der Waals surface area contributed by atoms with Gasteiger partial charge in [-0.25, -0.2) is 0 Å². The van der Waals surface area contributed by atoms with Crippen LogP contribution in [0.1, 0.15) is 23.7 Å². The lowest BCUT2D eigenvalue weighted by molar-refractivity contribution is 0.0541. The summed E-state index contributed by atoms with van der Waals surface area (Å²) in [5.74, 6) is 0.135. The first-order chi connectivity index (χ1) is 8.52. The molecule has 0 spiro atoms. The topological polar surface area (TPSA) is 23.6 Å². The van der Waals surface area contributed by atoms with Crippen LogP contribution in [0.4, 0.5) is 0 Å². The Bertz CT molecular complexity index is 449.